The van der Waals surface area contributed by atoms with E-state index in [1.165, 1.54) is 0 Å². The molecule has 3 heterocycles. The molecule has 0 saturated carbocycles. The van der Waals surface area contributed by atoms with Crippen molar-refractivity contribution in [1.29, 1.82) is 5.41 Å². The number of hydrogen-bond donors (Lipinski definition) is 3. The third-order valence-electron chi connectivity index (χ3n) is 3.38. The summed E-state index contributed by atoms with van der Waals surface area (Å²) in [6.45, 7) is 3.06. The highest BCUT2D eigenvalue weighted by Crippen LogP contribution is 2.20. The minimum Gasteiger partial charge on any atom is -0.383 e. The van der Waals surface area contributed by atoms with Crippen molar-refractivity contribution >= 4 is 17.3 Å². The van der Waals surface area contributed by atoms with Gasteiger partial charge < -0.3 is 20.4 Å². The van der Waals surface area contributed by atoms with Crippen molar-refractivity contribution in [3.63, 3.8) is 0 Å². The van der Waals surface area contributed by atoms with Gasteiger partial charge in [-0.3, -0.25) is 5.41 Å². The zero-order valence-electron chi connectivity index (χ0n) is 11.1. The first kappa shape index (κ1) is 12.7. The second-order valence-corrected chi connectivity index (χ2v) is 4.66. The lowest BCUT2D eigenvalue weighted by Crippen LogP contribution is -2.36. The molecule has 0 aromatic carbocycles. The van der Waals surface area contributed by atoms with Crippen LogP contribution in [0.25, 0.3) is 0 Å². The summed E-state index contributed by atoms with van der Waals surface area (Å²) < 4.78 is 5.32. The van der Waals surface area contributed by atoms with Crippen LogP contribution >= 0.6 is 0 Å². The van der Waals surface area contributed by atoms with Crippen LogP contribution in [0.1, 0.15) is 11.3 Å². The third-order valence-corrected chi connectivity index (χ3v) is 3.38. The molecule has 3 rings (SSSR count). The molecule has 1 saturated heterocycles. The van der Waals surface area contributed by atoms with Crippen LogP contribution in [0.4, 0.5) is 11.6 Å². The van der Waals surface area contributed by atoms with Crippen LogP contribution < -0.4 is 10.6 Å². The fourth-order valence-corrected chi connectivity index (χ4v) is 2.28. The molecule has 1 aliphatic rings. The van der Waals surface area contributed by atoms with E-state index >= 15 is 0 Å². The number of nitrogens with one attached hydrogen (secondary N) is 2. The number of nitrogen functional groups attached to an aromatic ring is 1. The fraction of sp³-hybridized carbons (Fsp3) is 0.286. The molecule has 20 heavy (non-hydrogen) atoms. The fourth-order valence-electron chi connectivity index (χ4n) is 2.28. The van der Waals surface area contributed by atoms with Crippen molar-refractivity contribution in [1.82, 2.24) is 9.97 Å². The van der Waals surface area contributed by atoms with Crippen LogP contribution in [-0.2, 0) is 4.74 Å². The maximum absolute atomic E-state index is 8.16. The molecule has 2 aromatic rings. The number of aromatic amines is 1. The lowest BCUT2D eigenvalue weighted by molar-refractivity contribution is 0.122. The number of hydrogen-bond acceptors (Lipinski definition) is 5. The van der Waals surface area contributed by atoms with Crippen molar-refractivity contribution in [2.24, 2.45) is 0 Å². The number of H-pyrrole nitrogens is 1. The Labute approximate surface area is 117 Å². The van der Waals surface area contributed by atoms with Crippen molar-refractivity contribution in [2.75, 3.05) is 36.9 Å². The summed E-state index contributed by atoms with van der Waals surface area (Å²) in [5, 5.41) is 8.16. The molecule has 4 N–H and O–H groups in total. The molecule has 0 radical (unpaired) electrons. The normalized spacial score (nSPS) is 15.3. The lowest BCUT2D eigenvalue weighted by Gasteiger charge is -2.28. The minimum absolute atomic E-state index is 0.355. The van der Waals surface area contributed by atoms with Gasteiger partial charge in [-0.25, -0.2) is 4.98 Å². The molecule has 0 aliphatic carbocycles. The average molecular weight is 271 g/mol. The summed E-state index contributed by atoms with van der Waals surface area (Å²) >= 11 is 0. The number of anilines is 2. The van der Waals surface area contributed by atoms with Gasteiger partial charge in [0.05, 0.1) is 24.6 Å². The molecule has 2 aromatic heterocycles. The van der Waals surface area contributed by atoms with Gasteiger partial charge in [0.25, 0.3) is 0 Å². The number of pyridine rings is 1. The largest absolute Gasteiger partial charge is 0.383 e. The zero-order chi connectivity index (χ0) is 13.9. The summed E-state index contributed by atoms with van der Waals surface area (Å²) in [5.74, 6) is 1.22. The lowest BCUT2D eigenvalue weighted by atomic mass is 10.1. The maximum atomic E-state index is 8.16. The molecule has 0 amide bonds. The van der Waals surface area contributed by atoms with Gasteiger partial charge in [0, 0.05) is 24.8 Å². The summed E-state index contributed by atoms with van der Waals surface area (Å²) in [7, 11) is 0. The summed E-state index contributed by atoms with van der Waals surface area (Å²) in [4.78, 5) is 9.57. The van der Waals surface area contributed by atoms with Crippen LogP contribution in [0.3, 0.4) is 0 Å². The Hall–Kier alpha value is -2.34. The summed E-state index contributed by atoms with van der Waals surface area (Å²) in [6, 6.07) is 7.47. The highest BCUT2D eigenvalue weighted by Gasteiger charge is 2.15. The maximum Gasteiger partial charge on any atom is 0.135 e. The molecule has 1 fully saturated rings. The van der Waals surface area contributed by atoms with Crippen molar-refractivity contribution in [3.8, 4) is 0 Å². The van der Waals surface area contributed by atoms with E-state index in [9.17, 15) is 0 Å². The quantitative estimate of drug-likeness (QED) is 0.733. The molecule has 1 aliphatic heterocycles. The van der Waals surface area contributed by atoms with Gasteiger partial charge in [-0.15, -0.1) is 0 Å². The van der Waals surface area contributed by atoms with Crippen molar-refractivity contribution < 1.29 is 4.74 Å². The van der Waals surface area contributed by atoms with Gasteiger partial charge in [-0.05, 0) is 24.3 Å². The first-order valence-electron chi connectivity index (χ1n) is 6.57. The second-order valence-electron chi connectivity index (χ2n) is 4.66. The van der Waals surface area contributed by atoms with E-state index in [2.05, 4.69) is 14.9 Å². The van der Waals surface area contributed by atoms with Gasteiger partial charge in [0.2, 0.25) is 0 Å². The highest BCUT2D eigenvalue weighted by molar-refractivity contribution is 6.12. The Balaban J connectivity index is 1.85. The van der Waals surface area contributed by atoms with Crippen molar-refractivity contribution in [2.45, 2.75) is 0 Å². The van der Waals surface area contributed by atoms with Gasteiger partial charge >= 0.3 is 0 Å². The molecule has 0 bridgehead atoms. The van der Waals surface area contributed by atoms with E-state index in [1.807, 2.05) is 24.3 Å². The zero-order valence-corrected chi connectivity index (χ0v) is 11.1. The first-order chi connectivity index (χ1) is 9.75. The number of nitrogens with two attached hydrogens (primary N) is 1. The molecule has 0 unspecified atom stereocenters. The first-order valence-corrected chi connectivity index (χ1v) is 6.57. The van der Waals surface area contributed by atoms with E-state index in [-0.39, 0.29) is 0 Å². The number of nitrogens with zero attached hydrogens (tertiary/aromatic N) is 2. The van der Waals surface area contributed by atoms with E-state index in [1.54, 1.807) is 6.20 Å². The van der Waals surface area contributed by atoms with Crippen LogP contribution in [0.5, 0.6) is 0 Å². The van der Waals surface area contributed by atoms with Crippen molar-refractivity contribution in [3.05, 3.63) is 41.7 Å². The predicted octanol–water partition coefficient (Wildman–Crippen LogP) is 1.24. The van der Waals surface area contributed by atoms with E-state index < -0.39 is 0 Å². The topological polar surface area (TPSA) is 91.0 Å². The Bertz CT molecular complexity index is 602. The summed E-state index contributed by atoms with van der Waals surface area (Å²) in [6.07, 6.45) is 1.79. The van der Waals surface area contributed by atoms with Crippen LogP contribution in [0.15, 0.2) is 30.5 Å². The Morgan fingerprint density at radius 3 is 2.75 bits per heavy atom. The third kappa shape index (κ3) is 2.37. The Kier molecular flexibility index (Phi) is 3.39. The SMILES string of the molecule is N=C(c1ccc[nH]1)c1ccc(N2CCOCC2)nc1N. The molecule has 0 atom stereocenters. The minimum atomic E-state index is 0.355. The number of ether oxygens (including phenoxy) is 1. The second kappa shape index (κ2) is 5.34. The van der Waals surface area contributed by atoms with Gasteiger partial charge in [0.1, 0.15) is 11.6 Å². The molecule has 6 heteroatoms. The monoisotopic (exact) mass is 271 g/mol. The Morgan fingerprint density at radius 2 is 2.10 bits per heavy atom. The van der Waals surface area contributed by atoms with Gasteiger partial charge in [-0.2, -0.15) is 0 Å². The smallest absolute Gasteiger partial charge is 0.135 e. The van der Waals surface area contributed by atoms with Crippen LogP contribution in [0, 0.1) is 5.41 Å². The molecular formula is C14H17N5O. The van der Waals surface area contributed by atoms with Crippen LogP contribution in [0.2, 0.25) is 0 Å². The number of morpholine rings is 1. The van der Waals surface area contributed by atoms with E-state index in [0.29, 0.717) is 30.3 Å². The number of rotatable bonds is 3. The van der Waals surface area contributed by atoms with Crippen LogP contribution in [-0.4, -0.2) is 42.0 Å². The summed E-state index contributed by atoms with van der Waals surface area (Å²) in [5.41, 5.74) is 7.74. The van der Waals surface area contributed by atoms with Gasteiger partial charge in [0.15, 0.2) is 0 Å². The Morgan fingerprint density at radius 1 is 1.30 bits per heavy atom. The van der Waals surface area contributed by atoms with E-state index in [0.717, 1.165) is 24.6 Å². The molecule has 104 valence electrons. The highest BCUT2D eigenvalue weighted by atomic mass is 16.5. The predicted molar refractivity (Wildman–Crippen MR) is 78.4 cm³/mol. The molecule has 0 spiro atoms. The number of aromatic nitrogens is 2. The van der Waals surface area contributed by atoms with Gasteiger partial charge in [-0.1, -0.05) is 0 Å². The molecular weight excluding hydrogens is 254 g/mol. The standard InChI is InChI=1S/C14H17N5O/c15-13(11-2-1-5-17-11)10-3-4-12(18-14(10)16)19-6-8-20-9-7-19/h1-5,15,17H,6-9H2,(H2,16,18). The average Bonchev–Trinajstić information content (AvgIpc) is 3.01. The molecule has 6 nitrogen and oxygen atoms in total. The van der Waals surface area contributed by atoms with E-state index in [4.69, 9.17) is 15.9 Å².